The second-order valence-corrected chi connectivity index (χ2v) is 5.00. The maximum atomic E-state index is 10.5. The Morgan fingerprint density at radius 1 is 1.59 bits per heavy atom. The minimum atomic E-state index is -0.635. The van der Waals surface area contributed by atoms with Crippen molar-refractivity contribution in [3.8, 4) is 0 Å². The molecule has 1 aromatic heterocycles. The number of imidazole rings is 1. The van der Waals surface area contributed by atoms with Gasteiger partial charge in [-0.1, -0.05) is 6.92 Å². The van der Waals surface area contributed by atoms with Crippen LogP contribution in [-0.2, 0) is 11.3 Å². The molecule has 2 heterocycles. The van der Waals surface area contributed by atoms with Crippen molar-refractivity contribution in [2.45, 2.75) is 57.8 Å². The Bertz CT molecular complexity index is 356. The average Bonchev–Trinajstić information content (AvgIpc) is 2.78. The molecule has 2 atom stereocenters. The first-order valence-electron chi connectivity index (χ1n) is 6.50. The van der Waals surface area contributed by atoms with E-state index in [2.05, 4.69) is 11.9 Å². The van der Waals surface area contributed by atoms with Crippen molar-refractivity contribution in [3.63, 3.8) is 0 Å². The van der Waals surface area contributed by atoms with Gasteiger partial charge in [-0.2, -0.15) is 0 Å². The standard InChI is InChI=1S/C13H22N2O2/c1-3-8-15-9-7-14-12(15)11(16)13(2)6-4-5-10-17-13/h7,9,11,16H,3-6,8,10H2,1-2H3. The largest absolute Gasteiger partial charge is 0.382 e. The van der Waals surface area contributed by atoms with Crippen LogP contribution in [0.3, 0.4) is 0 Å². The molecular weight excluding hydrogens is 216 g/mol. The summed E-state index contributed by atoms with van der Waals surface area (Å²) < 4.78 is 7.80. The number of aryl methyl sites for hydroxylation is 1. The van der Waals surface area contributed by atoms with Gasteiger partial charge in [-0.25, -0.2) is 4.98 Å². The van der Waals surface area contributed by atoms with Crippen LogP contribution >= 0.6 is 0 Å². The van der Waals surface area contributed by atoms with Gasteiger partial charge in [0, 0.05) is 25.5 Å². The molecule has 2 unspecified atom stereocenters. The summed E-state index contributed by atoms with van der Waals surface area (Å²) in [6, 6.07) is 0. The predicted octanol–water partition coefficient (Wildman–Crippen LogP) is 2.29. The smallest absolute Gasteiger partial charge is 0.140 e. The molecule has 1 saturated heterocycles. The molecule has 96 valence electrons. The summed E-state index contributed by atoms with van der Waals surface area (Å²) >= 11 is 0. The highest BCUT2D eigenvalue weighted by atomic mass is 16.5. The third-order valence-corrected chi connectivity index (χ3v) is 3.53. The molecule has 1 aliphatic rings. The lowest BCUT2D eigenvalue weighted by atomic mass is 9.89. The highest BCUT2D eigenvalue weighted by Crippen LogP contribution is 2.35. The summed E-state index contributed by atoms with van der Waals surface area (Å²) in [4.78, 5) is 4.29. The van der Waals surface area contributed by atoms with Crippen molar-refractivity contribution in [1.29, 1.82) is 0 Å². The van der Waals surface area contributed by atoms with Gasteiger partial charge in [-0.15, -0.1) is 0 Å². The third kappa shape index (κ3) is 2.53. The molecule has 0 radical (unpaired) electrons. The van der Waals surface area contributed by atoms with Crippen LogP contribution < -0.4 is 0 Å². The van der Waals surface area contributed by atoms with Gasteiger partial charge in [0.2, 0.25) is 0 Å². The molecule has 1 aliphatic heterocycles. The molecule has 0 saturated carbocycles. The SMILES string of the molecule is CCCn1ccnc1C(O)C1(C)CCCCO1. The lowest BCUT2D eigenvalue weighted by molar-refractivity contribution is -0.141. The van der Waals surface area contributed by atoms with Crippen molar-refractivity contribution in [2.75, 3.05) is 6.61 Å². The summed E-state index contributed by atoms with van der Waals surface area (Å²) in [5.41, 5.74) is -0.477. The lowest BCUT2D eigenvalue weighted by Crippen LogP contribution is -2.40. The Kier molecular flexibility index (Phi) is 3.84. The molecule has 4 nitrogen and oxygen atoms in total. The highest BCUT2D eigenvalue weighted by molar-refractivity contribution is 5.04. The van der Waals surface area contributed by atoms with Gasteiger partial charge < -0.3 is 14.4 Å². The summed E-state index contributed by atoms with van der Waals surface area (Å²) in [6.45, 7) is 5.74. The molecule has 2 rings (SSSR count). The van der Waals surface area contributed by atoms with Crippen molar-refractivity contribution in [2.24, 2.45) is 0 Å². The fourth-order valence-electron chi connectivity index (χ4n) is 2.44. The zero-order chi connectivity index (χ0) is 12.3. The van der Waals surface area contributed by atoms with Gasteiger partial charge in [0.05, 0.1) is 5.60 Å². The van der Waals surface area contributed by atoms with Gasteiger partial charge in [-0.05, 0) is 32.6 Å². The molecular formula is C13H22N2O2. The van der Waals surface area contributed by atoms with E-state index >= 15 is 0 Å². The number of hydrogen-bond acceptors (Lipinski definition) is 3. The van der Waals surface area contributed by atoms with Crippen LogP contribution in [0, 0.1) is 0 Å². The number of rotatable bonds is 4. The van der Waals surface area contributed by atoms with Crippen LogP contribution in [-0.4, -0.2) is 26.9 Å². The number of hydrogen-bond donors (Lipinski definition) is 1. The van der Waals surface area contributed by atoms with Gasteiger partial charge in [0.15, 0.2) is 0 Å². The van der Waals surface area contributed by atoms with E-state index < -0.39 is 11.7 Å². The summed E-state index contributed by atoms with van der Waals surface area (Å²) in [7, 11) is 0. The summed E-state index contributed by atoms with van der Waals surface area (Å²) in [6.07, 6.45) is 7.17. The minimum absolute atomic E-state index is 0.477. The first-order valence-corrected chi connectivity index (χ1v) is 6.50. The molecule has 0 aliphatic carbocycles. The molecule has 0 aromatic carbocycles. The zero-order valence-corrected chi connectivity index (χ0v) is 10.7. The van der Waals surface area contributed by atoms with E-state index in [-0.39, 0.29) is 0 Å². The lowest BCUT2D eigenvalue weighted by Gasteiger charge is -2.37. The molecule has 0 bridgehead atoms. The van der Waals surface area contributed by atoms with E-state index in [9.17, 15) is 5.11 Å². The fraction of sp³-hybridized carbons (Fsp3) is 0.769. The molecule has 17 heavy (non-hydrogen) atoms. The quantitative estimate of drug-likeness (QED) is 0.875. The maximum Gasteiger partial charge on any atom is 0.140 e. The van der Waals surface area contributed by atoms with Gasteiger partial charge in [-0.3, -0.25) is 0 Å². The van der Waals surface area contributed by atoms with E-state index in [0.29, 0.717) is 0 Å². The maximum absolute atomic E-state index is 10.5. The Hall–Kier alpha value is -0.870. The van der Waals surface area contributed by atoms with E-state index in [1.54, 1.807) is 6.20 Å². The van der Waals surface area contributed by atoms with Crippen LogP contribution in [0.15, 0.2) is 12.4 Å². The van der Waals surface area contributed by atoms with Crippen LogP contribution in [0.1, 0.15) is 51.5 Å². The summed E-state index contributed by atoms with van der Waals surface area (Å²) in [5, 5.41) is 10.5. The molecule has 1 aromatic rings. The molecule has 1 fully saturated rings. The predicted molar refractivity (Wildman–Crippen MR) is 65.7 cm³/mol. The Labute approximate surface area is 103 Å². The average molecular weight is 238 g/mol. The number of aliphatic hydroxyl groups is 1. The molecule has 1 N–H and O–H groups in total. The number of aliphatic hydroxyl groups excluding tert-OH is 1. The van der Waals surface area contributed by atoms with Gasteiger partial charge in [0.1, 0.15) is 11.9 Å². The second kappa shape index (κ2) is 5.19. The van der Waals surface area contributed by atoms with E-state index in [0.717, 1.165) is 44.7 Å². The van der Waals surface area contributed by atoms with Crippen LogP contribution in [0.2, 0.25) is 0 Å². The van der Waals surface area contributed by atoms with Crippen LogP contribution in [0.25, 0.3) is 0 Å². The highest BCUT2D eigenvalue weighted by Gasteiger charge is 2.38. The fourth-order valence-corrected chi connectivity index (χ4v) is 2.44. The molecule has 0 amide bonds. The van der Waals surface area contributed by atoms with Crippen molar-refractivity contribution in [3.05, 3.63) is 18.2 Å². The third-order valence-electron chi connectivity index (χ3n) is 3.53. The topological polar surface area (TPSA) is 47.3 Å². The van der Waals surface area contributed by atoms with Gasteiger partial charge >= 0.3 is 0 Å². The van der Waals surface area contributed by atoms with Crippen LogP contribution in [0.4, 0.5) is 0 Å². The monoisotopic (exact) mass is 238 g/mol. The normalized spacial score (nSPS) is 27.0. The zero-order valence-electron chi connectivity index (χ0n) is 10.7. The number of nitrogens with zero attached hydrogens (tertiary/aromatic N) is 2. The van der Waals surface area contributed by atoms with E-state index in [1.807, 2.05) is 17.7 Å². The van der Waals surface area contributed by atoms with E-state index in [1.165, 1.54) is 0 Å². The van der Waals surface area contributed by atoms with E-state index in [4.69, 9.17) is 4.74 Å². The summed E-state index contributed by atoms with van der Waals surface area (Å²) in [5.74, 6) is 0.733. The second-order valence-electron chi connectivity index (χ2n) is 5.00. The van der Waals surface area contributed by atoms with Crippen molar-refractivity contribution < 1.29 is 9.84 Å². The molecule has 0 spiro atoms. The first kappa shape index (κ1) is 12.6. The number of aromatic nitrogens is 2. The van der Waals surface area contributed by atoms with Crippen molar-refractivity contribution >= 4 is 0 Å². The first-order chi connectivity index (χ1) is 8.17. The molecule has 4 heteroatoms. The van der Waals surface area contributed by atoms with Crippen molar-refractivity contribution in [1.82, 2.24) is 9.55 Å². The Morgan fingerprint density at radius 3 is 3.06 bits per heavy atom. The Balaban J connectivity index is 2.17. The Morgan fingerprint density at radius 2 is 2.41 bits per heavy atom. The number of ether oxygens (including phenoxy) is 1. The van der Waals surface area contributed by atoms with Crippen LogP contribution in [0.5, 0.6) is 0 Å². The minimum Gasteiger partial charge on any atom is -0.382 e. The van der Waals surface area contributed by atoms with Gasteiger partial charge in [0.25, 0.3) is 0 Å².